The molecule has 0 bridgehead atoms. The molecule has 0 saturated heterocycles. The van der Waals surface area contributed by atoms with Gasteiger partial charge in [0.15, 0.2) is 0 Å². The molecular weight excluding hydrogens is 278 g/mol. The van der Waals surface area contributed by atoms with Crippen molar-refractivity contribution in [2.75, 3.05) is 4.90 Å². The van der Waals surface area contributed by atoms with Crippen LogP contribution in [0.5, 0.6) is 0 Å². The Hall–Kier alpha value is -1.61. The number of halogens is 1. The monoisotopic (exact) mass is 289 g/mol. The molecule has 2 rings (SSSR count). The highest BCUT2D eigenvalue weighted by Crippen LogP contribution is 2.31. The number of benzene rings is 2. The van der Waals surface area contributed by atoms with Crippen molar-refractivity contribution in [3.63, 3.8) is 0 Å². The Labute approximate surface area is 109 Å². The van der Waals surface area contributed by atoms with Gasteiger partial charge in [-0.3, -0.25) is 9.69 Å². The van der Waals surface area contributed by atoms with Gasteiger partial charge in [0.2, 0.25) is 5.91 Å². The summed E-state index contributed by atoms with van der Waals surface area (Å²) in [5.74, 6) is -0.0110. The molecule has 1 amide bonds. The van der Waals surface area contributed by atoms with Gasteiger partial charge in [0.25, 0.3) is 0 Å². The second-order valence-corrected chi connectivity index (χ2v) is 4.50. The molecule has 0 heterocycles. The number of hydrogen-bond acceptors (Lipinski definition) is 1. The molecule has 2 aromatic rings. The number of carbonyl (C=O) groups excluding carboxylic acids is 1. The summed E-state index contributed by atoms with van der Waals surface area (Å²) in [5.41, 5.74) is 1.72. The van der Waals surface area contributed by atoms with Gasteiger partial charge in [-0.2, -0.15) is 0 Å². The van der Waals surface area contributed by atoms with Crippen molar-refractivity contribution in [3.05, 3.63) is 59.1 Å². The van der Waals surface area contributed by atoms with Gasteiger partial charge < -0.3 is 0 Å². The molecule has 17 heavy (non-hydrogen) atoms. The van der Waals surface area contributed by atoms with Gasteiger partial charge in [-0.25, -0.2) is 0 Å². The van der Waals surface area contributed by atoms with Crippen LogP contribution in [0.2, 0.25) is 0 Å². The van der Waals surface area contributed by atoms with Crippen LogP contribution in [0.4, 0.5) is 11.4 Å². The maximum Gasteiger partial charge on any atom is 0.228 e. The Balaban J connectivity index is 2.51. The quantitative estimate of drug-likeness (QED) is 0.814. The highest BCUT2D eigenvalue weighted by Gasteiger charge is 2.15. The van der Waals surface area contributed by atoms with Crippen LogP contribution >= 0.6 is 15.9 Å². The van der Waals surface area contributed by atoms with Crippen molar-refractivity contribution in [2.24, 2.45) is 0 Å². The van der Waals surface area contributed by atoms with Crippen LogP contribution in [0.3, 0.4) is 0 Å². The molecule has 2 aromatic carbocycles. The van der Waals surface area contributed by atoms with E-state index in [2.05, 4.69) is 15.9 Å². The Bertz CT molecular complexity index is 525. The molecule has 0 unspecified atom stereocenters. The molecule has 0 aliphatic carbocycles. The fourth-order valence-corrected chi connectivity index (χ4v) is 2.16. The zero-order valence-electron chi connectivity index (χ0n) is 9.43. The first-order chi connectivity index (χ1) is 8.20. The first-order valence-electron chi connectivity index (χ1n) is 5.30. The summed E-state index contributed by atoms with van der Waals surface area (Å²) in [4.78, 5) is 13.5. The molecule has 0 N–H and O–H groups in total. The molecule has 0 radical (unpaired) electrons. The third-order valence-corrected chi connectivity index (χ3v) is 3.09. The van der Waals surface area contributed by atoms with E-state index < -0.39 is 0 Å². The topological polar surface area (TPSA) is 20.3 Å². The normalized spacial score (nSPS) is 10.0. The first kappa shape index (κ1) is 11.9. The third kappa shape index (κ3) is 2.56. The van der Waals surface area contributed by atoms with Gasteiger partial charge >= 0.3 is 0 Å². The summed E-state index contributed by atoms with van der Waals surface area (Å²) in [6, 6.07) is 17.3. The van der Waals surface area contributed by atoms with E-state index in [0.717, 1.165) is 15.8 Å². The second-order valence-electron chi connectivity index (χ2n) is 3.64. The minimum absolute atomic E-state index is 0.0110. The van der Waals surface area contributed by atoms with Gasteiger partial charge in [0, 0.05) is 17.1 Å². The number of amides is 1. The van der Waals surface area contributed by atoms with Crippen molar-refractivity contribution < 1.29 is 4.79 Å². The average molecular weight is 290 g/mol. The van der Waals surface area contributed by atoms with Gasteiger partial charge in [0.05, 0.1) is 5.69 Å². The second kappa shape index (κ2) is 5.15. The third-order valence-electron chi connectivity index (χ3n) is 2.42. The lowest BCUT2D eigenvalue weighted by molar-refractivity contribution is -0.115. The first-order valence-corrected chi connectivity index (χ1v) is 6.09. The fourth-order valence-electron chi connectivity index (χ4n) is 1.70. The van der Waals surface area contributed by atoms with Crippen LogP contribution in [-0.2, 0) is 4.79 Å². The predicted molar refractivity (Wildman–Crippen MR) is 73.4 cm³/mol. The lowest BCUT2D eigenvalue weighted by Gasteiger charge is -2.22. The smallest absolute Gasteiger partial charge is 0.228 e. The number of anilines is 2. The lowest BCUT2D eigenvalue weighted by atomic mass is 10.2. The average Bonchev–Trinajstić information content (AvgIpc) is 2.33. The number of rotatable bonds is 2. The highest BCUT2D eigenvalue weighted by atomic mass is 79.9. The molecule has 2 nitrogen and oxygen atoms in total. The van der Waals surface area contributed by atoms with Crippen molar-refractivity contribution in [3.8, 4) is 0 Å². The molecule has 0 aliphatic heterocycles. The van der Waals surface area contributed by atoms with E-state index in [1.807, 2.05) is 54.6 Å². The fraction of sp³-hybridized carbons (Fsp3) is 0.0714. The maximum absolute atomic E-state index is 11.8. The van der Waals surface area contributed by atoms with E-state index in [1.165, 1.54) is 0 Å². The maximum atomic E-state index is 11.8. The summed E-state index contributed by atoms with van der Waals surface area (Å²) in [6.07, 6.45) is 0. The van der Waals surface area contributed by atoms with Crippen molar-refractivity contribution in [1.82, 2.24) is 0 Å². The van der Waals surface area contributed by atoms with Crippen molar-refractivity contribution >= 4 is 33.2 Å². The molecule has 86 valence electrons. The van der Waals surface area contributed by atoms with Crippen LogP contribution in [0, 0.1) is 0 Å². The van der Waals surface area contributed by atoms with Crippen LogP contribution in [0.1, 0.15) is 6.92 Å². The van der Waals surface area contributed by atoms with E-state index >= 15 is 0 Å². The Morgan fingerprint density at radius 3 is 2.18 bits per heavy atom. The molecule has 3 heteroatoms. The number of carbonyl (C=O) groups is 1. The molecule has 0 fully saturated rings. The highest BCUT2D eigenvalue weighted by molar-refractivity contribution is 9.10. The Morgan fingerprint density at radius 1 is 1.00 bits per heavy atom. The minimum atomic E-state index is -0.0110. The van der Waals surface area contributed by atoms with Crippen LogP contribution in [0.25, 0.3) is 0 Å². The summed E-state index contributed by atoms with van der Waals surface area (Å²) in [7, 11) is 0. The molecular formula is C14H12BrNO. The number of para-hydroxylation sites is 2. The van der Waals surface area contributed by atoms with E-state index in [-0.39, 0.29) is 5.91 Å². The SMILES string of the molecule is CC(=O)N(c1ccccc1)c1ccccc1Br. The minimum Gasteiger partial charge on any atom is -0.280 e. The number of nitrogens with zero attached hydrogens (tertiary/aromatic N) is 1. The van der Waals surface area contributed by atoms with Crippen molar-refractivity contribution in [1.29, 1.82) is 0 Å². The largest absolute Gasteiger partial charge is 0.280 e. The summed E-state index contributed by atoms with van der Waals surface area (Å²) in [5, 5.41) is 0. The van der Waals surface area contributed by atoms with E-state index in [9.17, 15) is 4.79 Å². The summed E-state index contributed by atoms with van der Waals surface area (Å²) >= 11 is 3.47. The molecule has 0 saturated carbocycles. The predicted octanol–water partition coefficient (Wildman–Crippen LogP) is 4.13. The van der Waals surface area contributed by atoms with Crippen molar-refractivity contribution in [2.45, 2.75) is 6.92 Å². The zero-order valence-corrected chi connectivity index (χ0v) is 11.0. The molecule has 0 aliphatic rings. The van der Waals surface area contributed by atoms with Gasteiger partial charge in [-0.1, -0.05) is 30.3 Å². The molecule has 0 atom stereocenters. The van der Waals surface area contributed by atoms with E-state index in [1.54, 1.807) is 11.8 Å². The molecule has 0 spiro atoms. The van der Waals surface area contributed by atoms with Crippen LogP contribution in [0.15, 0.2) is 59.1 Å². The standard InChI is InChI=1S/C14H12BrNO/c1-11(17)16(12-7-3-2-4-8-12)14-10-6-5-9-13(14)15/h2-10H,1H3. The number of hydrogen-bond donors (Lipinski definition) is 0. The van der Waals surface area contributed by atoms with Gasteiger partial charge in [-0.05, 0) is 40.2 Å². The van der Waals surface area contributed by atoms with Gasteiger partial charge in [0.1, 0.15) is 0 Å². The Morgan fingerprint density at radius 2 is 1.59 bits per heavy atom. The van der Waals surface area contributed by atoms with Crippen LogP contribution < -0.4 is 4.90 Å². The summed E-state index contributed by atoms with van der Waals surface area (Å²) < 4.78 is 0.902. The van der Waals surface area contributed by atoms with Gasteiger partial charge in [-0.15, -0.1) is 0 Å². The summed E-state index contributed by atoms with van der Waals surface area (Å²) in [6.45, 7) is 1.56. The van der Waals surface area contributed by atoms with E-state index in [4.69, 9.17) is 0 Å². The van der Waals surface area contributed by atoms with Crippen LogP contribution in [-0.4, -0.2) is 5.91 Å². The van der Waals surface area contributed by atoms with E-state index in [0.29, 0.717) is 0 Å². The zero-order chi connectivity index (χ0) is 12.3. The lowest BCUT2D eigenvalue weighted by Crippen LogP contribution is -2.22. The molecule has 0 aromatic heterocycles. The Kier molecular flexibility index (Phi) is 3.59.